The summed E-state index contributed by atoms with van der Waals surface area (Å²) >= 11 is 6.21. The van der Waals surface area contributed by atoms with Gasteiger partial charge in [0, 0.05) is 12.5 Å². The molecule has 1 aliphatic carbocycles. The molecule has 0 amide bonds. The first-order chi connectivity index (χ1) is 15.3. The van der Waals surface area contributed by atoms with Crippen LogP contribution in [-0.2, 0) is 38.1 Å². The third kappa shape index (κ3) is 5.83. The average Bonchev–Trinajstić information content (AvgIpc) is 2.99. The maximum Gasteiger partial charge on any atom is 0.337 e. The highest BCUT2D eigenvalue weighted by Crippen LogP contribution is 2.38. The van der Waals surface area contributed by atoms with Crippen LogP contribution in [0.5, 0.6) is 0 Å². The van der Waals surface area contributed by atoms with Gasteiger partial charge in [-0.1, -0.05) is 18.2 Å². The maximum atomic E-state index is 13.0. The van der Waals surface area contributed by atoms with Gasteiger partial charge in [0.1, 0.15) is 6.10 Å². The Morgan fingerprint density at radius 1 is 1.33 bits per heavy atom. The molecule has 2 aliphatic rings. The van der Waals surface area contributed by atoms with Crippen LogP contribution < -0.4 is 0 Å². The summed E-state index contributed by atoms with van der Waals surface area (Å²) in [6.07, 6.45) is -0.959. The molecular formula is C23H29ClO9. The molecule has 0 aromatic rings. The van der Waals surface area contributed by atoms with Crippen LogP contribution in [0.2, 0.25) is 0 Å². The lowest BCUT2D eigenvalue weighted by Crippen LogP contribution is -2.50. The molecule has 2 rings (SSSR count). The summed E-state index contributed by atoms with van der Waals surface area (Å²) in [4.78, 5) is 48.2. The summed E-state index contributed by atoms with van der Waals surface area (Å²) in [5.41, 5.74) is 0.756. The molecule has 1 heterocycles. The maximum absolute atomic E-state index is 13.0. The Kier molecular flexibility index (Phi) is 8.48. The number of aliphatic hydroxyl groups is 1. The van der Waals surface area contributed by atoms with Gasteiger partial charge in [0.2, 0.25) is 0 Å². The topological polar surface area (TPSA) is 125 Å². The van der Waals surface area contributed by atoms with Crippen LogP contribution in [0.15, 0.2) is 35.5 Å². The second-order valence-corrected chi connectivity index (χ2v) is 9.06. The van der Waals surface area contributed by atoms with Gasteiger partial charge in [-0.05, 0) is 39.7 Å². The Labute approximate surface area is 197 Å². The zero-order chi connectivity index (χ0) is 25.1. The Morgan fingerprint density at radius 3 is 2.52 bits per heavy atom. The normalized spacial score (nSPS) is 31.4. The van der Waals surface area contributed by atoms with E-state index < -0.39 is 59.1 Å². The SMILES string of the molecule is C=C1C(=O)OC2/C=C(/C)CC/C=C(/C(=O)OC)C(OC(C)=O)C(OC(=O)C(C)(Cl)C(C)O)C12. The van der Waals surface area contributed by atoms with Crippen molar-refractivity contribution in [3.63, 3.8) is 0 Å². The highest BCUT2D eigenvalue weighted by Gasteiger charge is 2.52. The van der Waals surface area contributed by atoms with E-state index in [1.54, 1.807) is 6.08 Å². The molecule has 0 aromatic heterocycles. The lowest BCUT2D eigenvalue weighted by Gasteiger charge is -2.35. The highest BCUT2D eigenvalue weighted by molar-refractivity contribution is 6.34. The van der Waals surface area contributed by atoms with Gasteiger partial charge in [0.25, 0.3) is 0 Å². The molecule has 33 heavy (non-hydrogen) atoms. The second kappa shape index (κ2) is 10.5. The largest absolute Gasteiger partial charge is 0.466 e. The van der Waals surface area contributed by atoms with Crippen molar-refractivity contribution in [3.8, 4) is 0 Å². The van der Waals surface area contributed by atoms with Gasteiger partial charge in [-0.25, -0.2) is 9.59 Å². The molecule has 10 heteroatoms. The Balaban J connectivity index is 2.72. The zero-order valence-corrected chi connectivity index (χ0v) is 20.0. The number of esters is 4. The van der Waals surface area contributed by atoms with Crippen LogP contribution in [0, 0.1) is 5.92 Å². The molecule has 0 saturated carbocycles. The molecule has 6 atom stereocenters. The van der Waals surface area contributed by atoms with E-state index in [1.807, 2.05) is 6.92 Å². The lowest BCUT2D eigenvalue weighted by atomic mass is 9.83. The van der Waals surface area contributed by atoms with Crippen LogP contribution in [0.4, 0.5) is 0 Å². The predicted octanol–water partition coefficient (Wildman–Crippen LogP) is 2.15. The van der Waals surface area contributed by atoms with Crippen molar-refractivity contribution >= 4 is 35.5 Å². The standard InChI is InChI=1S/C23H29ClO9/c1-11-8-7-9-15(21(28)30-6)18(31-14(4)26)19(33-22(29)23(5,24)13(3)25)17-12(2)20(27)32-16(17)10-11/h9-10,13,16-19,25H,2,7-8H2,1,3-6H3/b11-10-,15-9+. The molecule has 1 N–H and O–H groups in total. The minimum atomic E-state index is -1.86. The number of aliphatic hydroxyl groups excluding tert-OH is 1. The number of halogens is 1. The number of methoxy groups -OCH3 is 1. The smallest absolute Gasteiger partial charge is 0.337 e. The van der Waals surface area contributed by atoms with Gasteiger partial charge in [-0.2, -0.15) is 0 Å². The third-order valence-corrected chi connectivity index (χ3v) is 6.18. The number of ether oxygens (including phenoxy) is 4. The van der Waals surface area contributed by atoms with Gasteiger partial charge in [-0.3, -0.25) is 9.59 Å². The quantitative estimate of drug-likeness (QED) is 0.205. The monoisotopic (exact) mass is 484 g/mol. The van der Waals surface area contributed by atoms with Crippen LogP contribution in [-0.4, -0.2) is 65.4 Å². The number of rotatable bonds is 5. The van der Waals surface area contributed by atoms with Crippen molar-refractivity contribution < 1.29 is 43.2 Å². The number of allylic oxidation sites excluding steroid dienone is 2. The number of carbonyl (C=O) groups is 4. The molecule has 6 unspecified atom stereocenters. The van der Waals surface area contributed by atoms with Crippen molar-refractivity contribution in [1.29, 1.82) is 0 Å². The first-order valence-corrected chi connectivity index (χ1v) is 10.8. The van der Waals surface area contributed by atoms with Gasteiger partial charge in [0.05, 0.1) is 24.7 Å². The number of carbonyl (C=O) groups excluding carboxylic acids is 4. The molecule has 0 bridgehead atoms. The molecule has 0 radical (unpaired) electrons. The van der Waals surface area contributed by atoms with Gasteiger partial charge < -0.3 is 24.1 Å². The van der Waals surface area contributed by atoms with E-state index in [1.165, 1.54) is 19.9 Å². The van der Waals surface area contributed by atoms with Gasteiger partial charge >= 0.3 is 23.9 Å². The minimum Gasteiger partial charge on any atom is -0.466 e. The molecule has 0 aromatic carbocycles. The number of fused-ring (bicyclic) bond motifs is 1. The zero-order valence-electron chi connectivity index (χ0n) is 19.3. The van der Waals surface area contributed by atoms with E-state index in [0.29, 0.717) is 12.8 Å². The molecule has 1 aliphatic heterocycles. The Bertz CT molecular complexity index is 900. The van der Waals surface area contributed by atoms with E-state index >= 15 is 0 Å². The third-order valence-electron chi connectivity index (χ3n) is 5.71. The molecular weight excluding hydrogens is 456 g/mol. The summed E-state index contributed by atoms with van der Waals surface area (Å²) in [6, 6.07) is 0. The average molecular weight is 485 g/mol. The fraction of sp³-hybridized carbons (Fsp3) is 0.565. The van der Waals surface area contributed by atoms with Gasteiger partial charge in [-0.15, -0.1) is 11.6 Å². The first-order valence-electron chi connectivity index (χ1n) is 10.4. The fourth-order valence-corrected chi connectivity index (χ4v) is 3.65. The van der Waals surface area contributed by atoms with Crippen molar-refractivity contribution in [2.24, 2.45) is 5.92 Å². The van der Waals surface area contributed by atoms with Crippen LogP contribution in [0.25, 0.3) is 0 Å². The minimum absolute atomic E-state index is 0.0305. The van der Waals surface area contributed by atoms with Crippen LogP contribution >= 0.6 is 11.6 Å². The van der Waals surface area contributed by atoms with Crippen LogP contribution in [0.1, 0.15) is 40.5 Å². The van der Waals surface area contributed by atoms with E-state index in [4.69, 9.17) is 30.5 Å². The van der Waals surface area contributed by atoms with E-state index in [0.717, 1.165) is 19.6 Å². The first kappa shape index (κ1) is 26.6. The second-order valence-electron chi connectivity index (χ2n) is 8.28. The van der Waals surface area contributed by atoms with Crippen LogP contribution in [0.3, 0.4) is 0 Å². The van der Waals surface area contributed by atoms with Crippen molar-refractivity contribution in [2.75, 3.05) is 7.11 Å². The van der Waals surface area contributed by atoms with Crippen molar-refractivity contribution in [1.82, 2.24) is 0 Å². The lowest BCUT2D eigenvalue weighted by molar-refractivity contribution is -0.173. The molecule has 9 nitrogen and oxygen atoms in total. The Morgan fingerprint density at radius 2 is 1.97 bits per heavy atom. The van der Waals surface area contributed by atoms with Gasteiger partial charge in [0.15, 0.2) is 17.1 Å². The summed E-state index contributed by atoms with van der Waals surface area (Å²) < 4.78 is 21.4. The number of hydrogen-bond acceptors (Lipinski definition) is 9. The summed E-state index contributed by atoms with van der Waals surface area (Å²) in [5, 5.41) is 9.96. The molecule has 1 fully saturated rings. The molecule has 0 spiro atoms. The highest BCUT2D eigenvalue weighted by atomic mass is 35.5. The summed E-state index contributed by atoms with van der Waals surface area (Å²) in [5.74, 6) is -4.34. The number of alkyl halides is 1. The van der Waals surface area contributed by atoms with E-state index in [-0.39, 0.29) is 11.1 Å². The van der Waals surface area contributed by atoms with Crippen molar-refractivity contribution in [3.05, 3.63) is 35.5 Å². The van der Waals surface area contributed by atoms with E-state index in [9.17, 15) is 24.3 Å². The summed E-state index contributed by atoms with van der Waals surface area (Å²) in [6.45, 7) is 9.29. The summed E-state index contributed by atoms with van der Waals surface area (Å²) in [7, 11) is 1.16. The molecule has 182 valence electrons. The van der Waals surface area contributed by atoms with Crippen molar-refractivity contribution in [2.45, 2.75) is 69.8 Å². The fourth-order valence-electron chi connectivity index (χ4n) is 3.60. The predicted molar refractivity (Wildman–Crippen MR) is 117 cm³/mol. The van der Waals surface area contributed by atoms with E-state index in [2.05, 4.69) is 6.58 Å². The molecule has 1 saturated heterocycles. The number of hydrogen-bond donors (Lipinski definition) is 1. The Hall–Kier alpha value is -2.65.